The van der Waals surface area contributed by atoms with Crippen LogP contribution in [-0.4, -0.2) is 75.6 Å². The predicted octanol–water partition coefficient (Wildman–Crippen LogP) is 2.46. The maximum Gasteiger partial charge on any atom is 0.191 e. The fourth-order valence-electron chi connectivity index (χ4n) is 3.53. The quantitative estimate of drug-likeness (QED) is 0.238. The predicted molar refractivity (Wildman–Crippen MR) is 139 cm³/mol. The lowest BCUT2D eigenvalue weighted by Gasteiger charge is -2.26. The summed E-state index contributed by atoms with van der Waals surface area (Å²) in [5, 5.41) is 16.4. The summed E-state index contributed by atoms with van der Waals surface area (Å²) in [7, 11) is 1.75. The number of rotatable bonds is 10. The second-order valence-corrected chi connectivity index (χ2v) is 7.51. The first-order valence-electron chi connectivity index (χ1n) is 10.9. The molecule has 2 aromatic carbocycles. The number of nitrogens with one attached hydrogen (secondary N) is 2. The number of morpholine rings is 1. The fraction of sp³-hybridized carbons (Fsp3) is 0.458. The average Bonchev–Trinajstić information content (AvgIpc) is 2.83. The summed E-state index contributed by atoms with van der Waals surface area (Å²) >= 11 is 0. The van der Waals surface area contributed by atoms with Gasteiger partial charge in [-0.15, -0.1) is 24.0 Å². The second kappa shape index (κ2) is 15.0. The van der Waals surface area contributed by atoms with E-state index >= 15 is 0 Å². The molecule has 2 aromatic rings. The van der Waals surface area contributed by atoms with Crippen LogP contribution in [0.1, 0.15) is 17.0 Å². The Morgan fingerprint density at radius 3 is 2.53 bits per heavy atom. The van der Waals surface area contributed by atoms with Gasteiger partial charge in [-0.25, -0.2) is 0 Å². The zero-order valence-electron chi connectivity index (χ0n) is 18.7. The SMILES string of the molecule is CN=C(NCc1ccccc1OCCN1CCOCC1)NCC(CO)c1ccccc1.I. The molecular weight excluding hydrogens is 519 g/mol. The van der Waals surface area contributed by atoms with Crippen LogP contribution in [0.5, 0.6) is 5.75 Å². The number of ether oxygens (including phenoxy) is 2. The molecule has 0 amide bonds. The van der Waals surface area contributed by atoms with Crippen molar-refractivity contribution in [1.82, 2.24) is 15.5 Å². The number of para-hydroxylation sites is 1. The van der Waals surface area contributed by atoms with Crippen molar-refractivity contribution in [2.24, 2.45) is 4.99 Å². The van der Waals surface area contributed by atoms with Gasteiger partial charge in [0.2, 0.25) is 0 Å². The highest BCUT2D eigenvalue weighted by Crippen LogP contribution is 2.18. The topological polar surface area (TPSA) is 78.4 Å². The number of nitrogens with zero attached hydrogens (tertiary/aromatic N) is 2. The zero-order chi connectivity index (χ0) is 21.7. The third kappa shape index (κ3) is 8.57. The van der Waals surface area contributed by atoms with Crippen molar-refractivity contribution in [3.8, 4) is 5.75 Å². The Labute approximate surface area is 208 Å². The van der Waals surface area contributed by atoms with E-state index in [9.17, 15) is 5.11 Å². The summed E-state index contributed by atoms with van der Waals surface area (Å²) in [4.78, 5) is 6.67. The first-order valence-corrected chi connectivity index (χ1v) is 10.9. The number of aliphatic hydroxyl groups is 1. The number of halogens is 1. The first-order chi connectivity index (χ1) is 15.3. The van der Waals surface area contributed by atoms with Gasteiger partial charge >= 0.3 is 0 Å². The van der Waals surface area contributed by atoms with Gasteiger partial charge in [-0.2, -0.15) is 0 Å². The molecule has 1 aliphatic rings. The summed E-state index contributed by atoms with van der Waals surface area (Å²) in [6, 6.07) is 18.1. The summed E-state index contributed by atoms with van der Waals surface area (Å²) in [6.07, 6.45) is 0. The van der Waals surface area contributed by atoms with E-state index in [-0.39, 0.29) is 36.5 Å². The molecule has 0 spiro atoms. The molecule has 1 unspecified atom stereocenters. The minimum atomic E-state index is 0. The van der Waals surface area contributed by atoms with Crippen molar-refractivity contribution < 1.29 is 14.6 Å². The highest BCUT2D eigenvalue weighted by molar-refractivity contribution is 14.0. The third-order valence-electron chi connectivity index (χ3n) is 5.42. The molecule has 1 saturated heterocycles. The molecule has 1 heterocycles. The number of hydrogen-bond acceptors (Lipinski definition) is 5. The highest BCUT2D eigenvalue weighted by Gasteiger charge is 2.12. The standard InChI is InChI=1S/C24H34N4O3.HI/c1-25-24(27-18-22(19-29)20-7-3-2-4-8-20)26-17-21-9-5-6-10-23(21)31-16-13-28-11-14-30-15-12-28;/h2-10,22,29H,11-19H2,1H3,(H2,25,26,27);1H. The summed E-state index contributed by atoms with van der Waals surface area (Å²) in [5.74, 6) is 1.59. The molecule has 1 atom stereocenters. The molecular formula is C24H35IN4O3. The molecule has 176 valence electrons. The lowest BCUT2D eigenvalue weighted by molar-refractivity contribution is 0.0322. The zero-order valence-corrected chi connectivity index (χ0v) is 21.0. The van der Waals surface area contributed by atoms with Crippen molar-refractivity contribution >= 4 is 29.9 Å². The molecule has 7 nitrogen and oxygen atoms in total. The fourth-order valence-corrected chi connectivity index (χ4v) is 3.53. The molecule has 8 heteroatoms. The first kappa shape index (κ1) is 26.4. The lowest BCUT2D eigenvalue weighted by Crippen LogP contribution is -2.39. The van der Waals surface area contributed by atoms with Crippen LogP contribution in [0.15, 0.2) is 59.6 Å². The van der Waals surface area contributed by atoms with Crippen molar-refractivity contribution in [2.45, 2.75) is 12.5 Å². The van der Waals surface area contributed by atoms with E-state index in [1.165, 1.54) is 0 Å². The van der Waals surface area contributed by atoms with E-state index in [0.717, 1.165) is 49.7 Å². The number of aliphatic imine (C=N–C) groups is 1. The van der Waals surface area contributed by atoms with Crippen LogP contribution in [0.25, 0.3) is 0 Å². The molecule has 0 aromatic heterocycles. The molecule has 0 saturated carbocycles. The molecule has 1 aliphatic heterocycles. The largest absolute Gasteiger partial charge is 0.492 e. The Hall–Kier alpha value is -1.88. The van der Waals surface area contributed by atoms with Crippen molar-refractivity contribution in [3.63, 3.8) is 0 Å². The van der Waals surface area contributed by atoms with Crippen LogP contribution in [0.3, 0.4) is 0 Å². The Morgan fingerprint density at radius 1 is 1.09 bits per heavy atom. The highest BCUT2D eigenvalue weighted by atomic mass is 127. The molecule has 0 radical (unpaired) electrons. The molecule has 0 aliphatic carbocycles. The van der Waals surface area contributed by atoms with Gasteiger partial charge in [-0.3, -0.25) is 9.89 Å². The third-order valence-corrected chi connectivity index (χ3v) is 5.42. The van der Waals surface area contributed by atoms with E-state index in [4.69, 9.17) is 9.47 Å². The molecule has 3 N–H and O–H groups in total. The van der Waals surface area contributed by atoms with E-state index in [1.54, 1.807) is 7.05 Å². The second-order valence-electron chi connectivity index (χ2n) is 7.51. The Bertz CT molecular complexity index is 801. The number of hydrogen-bond donors (Lipinski definition) is 3. The van der Waals surface area contributed by atoms with Crippen molar-refractivity contribution in [2.75, 3.05) is 59.7 Å². The van der Waals surface area contributed by atoms with E-state index in [2.05, 4.69) is 26.6 Å². The smallest absolute Gasteiger partial charge is 0.191 e. The van der Waals surface area contributed by atoms with Gasteiger partial charge in [-0.1, -0.05) is 48.5 Å². The summed E-state index contributed by atoms with van der Waals surface area (Å²) in [6.45, 7) is 6.35. The van der Waals surface area contributed by atoms with Crippen molar-refractivity contribution in [3.05, 3.63) is 65.7 Å². The minimum Gasteiger partial charge on any atom is -0.492 e. The van der Waals surface area contributed by atoms with Gasteiger partial charge in [0, 0.05) is 51.3 Å². The number of aliphatic hydroxyl groups excluding tert-OH is 1. The maximum atomic E-state index is 9.76. The van der Waals surface area contributed by atoms with Crippen LogP contribution in [0.2, 0.25) is 0 Å². The Balaban J connectivity index is 0.00000363. The van der Waals surface area contributed by atoms with Gasteiger partial charge in [0.05, 0.1) is 19.8 Å². The molecule has 0 bridgehead atoms. The summed E-state index contributed by atoms with van der Waals surface area (Å²) < 4.78 is 11.5. The van der Waals surface area contributed by atoms with Crippen LogP contribution >= 0.6 is 24.0 Å². The van der Waals surface area contributed by atoms with E-state index in [1.807, 2.05) is 48.5 Å². The lowest BCUT2D eigenvalue weighted by atomic mass is 10.0. The Kier molecular flexibility index (Phi) is 12.4. The normalized spacial score (nSPS) is 15.5. The van der Waals surface area contributed by atoms with Crippen molar-refractivity contribution in [1.29, 1.82) is 0 Å². The molecule has 3 rings (SSSR count). The van der Waals surface area contributed by atoms with Crippen LogP contribution in [0.4, 0.5) is 0 Å². The number of benzene rings is 2. The monoisotopic (exact) mass is 554 g/mol. The van der Waals surface area contributed by atoms with Gasteiger partial charge in [0.25, 0.3) is 0 Å². The minimum absolute atomic E-state index is 0. The van der Waals surface area contributed by atoms with E-state index < -0.39 is 0 Å². The van der Waals surface area contributed by atoms with Crippen LogP contribution in [-0.2, 0) is 11.3 Å². The molecule has 32 heavy (non-hydrogen) atoms. The van der Waals surface area contributed by atoms with Crippen LogP contribution in [0, 0.1) is 0 Å². The molecule has 1 fully saturated rings. The van der Waals surface area contributed by atoms with Gasteiger partial charge < -0.3 is 25.2 Å². The van der Waals surface area contributed by atoms with E-state index in [0.29, 0.717) is 25.7 Å². The Morgan fingerprint density at radius 2 is 1.81 bits per heavy atom. The van der Waals surface area contributed by atoms with Gasteiger partial charge in [0.1, 0.15) is 12.4 Å². The average molecular weight is 554 g/mol. The van der Waals surface area contributed by atoms with Crippen LogP contribution < -0.4 is 15.4 Å². The summed E-state index contributed by atoms with van der Waals surface area (Å²) in [5.41, 5.74) is 2.18. The maximum absolute atomic E-state index is 9.76. The van der Waals surface area contributed by atoms with Gasteiger partial charge in [-0.05, 0) is 11.6 Å². The number of guanidine groups is 1. The van der Waals surface area contributed by atoms with Gasteiger partial charge in [0.15, 0.2) is 5.96 Å².